The Hall–Kier alpha value is -4.60. The molecule has 1 amide bonds. The first kappa shape index (κ1) is 25.1. The maximum atomic E-state index is 15.0. The van der Waals surface area contributed by atoms with Crippen molar-refractivity contribution in [3.05, 3.63) is 82.9 Å². The number of aliphatic hydroxyl groups excluding tert-OH is 1. The Morgan fingerprint density at radius 3 is 2.47 bits per heavy atom. The standard InChI is InChI=1S/C28H23F2NO7/c1-3-36-22-12-15(4-8-20(22)35-2)25-24(26(32)16-5-9-21-23(13-16)38-11-10-37-21)27(33)28(34)31(25)19-7-6-17(29)14-18(19)30/h4-9,12-14,25,32H,3,10-11H2,1-2H3/b26-24+. The highest BCUT2D eigenvalue weighted by Crippen LogP contribution is 2.45. The zero-order chi connectivity index (χ0) is 27.0. The molecule has 0 aliphatic carbocycles. The summed E-state index contributed by atoms with van der Waals surface area (Å²) < 4.78 is 50.8. The van der Waals surface area contributed by atoms with E-state index >= 15 is 0 Å². The van der Waals surface area contributed by atoms with Crippen LogP contribution in [-0.2, 0) is 9.59 Å². The first-order valence-corrected chi connectivity index (χ1v) is 11.8. The number of halogens is 2. The van der Waals surface area contributed by atoms with Crippen LogP contribution in [0.15, 0.2) is 60.2 Å². The Morgan fingerprint density at radius 1 is 1.00 bits per heavy atom. The molecule has 0 bridgehead atoms. The summed E-state index contributed by atoms with van der Waals surface area (Å²) in [6.07, 6.45) is 0. The van der Waals surface area contributed by atoms with E-state index in [2.05, 4.69) is 0 Å². The predicted octanol–water partition coefficient (Wildman–Crippen LogP) is 4.77. The number of carbonyl (C=O) groups is 2. The minimum atomic E-state index is -1.27. The maximum Gasteiger partial charge on any atom is 0.300 e. The van der Waals surface area contributed by atoms with Crippen molar-refractivity contribution in [2.45, 2.75) is 13.0 Å². The third-order valence-electron chi connectivity index (χ3n) is 6.23. The normalized spacial score (nSPS) is 18.0. The Labute approximate surface area is 216 Å². The molecule has 8 nitrogen and oxygen atoms in total. The first-order chi connectivity index (χ1) is 18.3. The minimum absolute atomic E-state index is 0.190. The molecule has 1 fully saturated rings. The van der Waals surface area contributed by atoms with Crippen LogP contribution in [0.2, 0.25) is 0 Å². The molecule has 1 N–H and O–H groups in total. The summed E-state index contributed by atoms with van der Waals surface area (Å²) in [5, 5.41) is 11.4. The minimum Gasteiger partial charge on any atom is -0.507 e. The number of hydrogen-bond donors (Lipinski definition) is 1. The number of anilines is 1. The van der Waals surface area contributed by atoms with Crippen molar-refractivity contribution < 1.29 is 42.4 Å². The van der Waals surface area contributed by atoms with Gasteiger partial charge in [-0.2, -0.15) is 0 Å². The van der Waals surface area contributed by atoms with Crippen LogP contribution in [0.5, 0.6) is 23.0 Å². The zero-order valence-electron chi connectivity index (χ0n) is 20.5. The van der Waals surface area contributed by atoms with Gasteiger partial charge in [0.15, 0.2) is 23.0 Å². The number of carbonyl (C=O) groups excluding carboxylic acids is 2. The quantitative estimate of drug-likeness (QED) is 0.283. The summed E-state index contributed by atoms with van der Waals surface area (Å²) in [6.45, 7) is 2.74. The van der Waals surface area contributed by atoms with Gasteiger partial charge in [0.25, 0.3) is 11.7 Å². The third kappa shape index (κ3) is 4.27. The zero-order valence-corrected chi connectivity index (χ0v) is 20.5. The molecule has 0 aromatic heterocycles. The molecule has 1 saturated heterocycles. The molecule has 196 valence electrons. The lowest BCUT2D eigenvalue weighted by atomic mass is 9.94. The van der Waals surface area contributed by atoms with Crippen molar-refractivity contribution in [1.29, 1.82) is 0 Å². The van der Waals surface area contributed by atoms with Gasteiger partial charge in [-0.15, -0.1) is 0 Å². The van der Waals surface area contributed by atoms with Crippen molar-refractivity contribution in [2.24, 2.45) is 0 Å². The van der Waals surface area contributed by atoms with E-state index < -0.39 is 35.1 Å². The fraction of sp³-hybridized carbons (Fsp3) is 0.214. The molecule has 2 aliphatic rings. The smallest absolute Gasteiger partial charge is 0.300 e. The summed E-state index contributed by atoms with van der Waals surface area (Å²) in [4.78, 5) is 27.6. The molecule has 0 radical (unpaired) electrons. The first-order valence-electron chi connectivity index (χ1n) is 11.8. The summed E-state index contributed by atoms with van der Waals surface area (Å²) in [5.74, 6) is -2.98. The van der Waals surface area contributed by atoms with Gasteiger partial charge < -0.3 is 24.1 Å². The van der Waals surface area contributed by atoms with E-state index in [4.69, 9.17) is 18.9 Å². The van der Waals surface area contributed by atoms with E-state index in [1.54, 1.807) is 31.2 Å². The van der Waals surface area contributed by atoms with Crippen LogP contribution in [0.4, 0.5) is 14.5 Å². The van der Waals surface area contributed by atoms with Crippen molar-refractivity contribution in [1.82, 2.24) is 0 Å². The second-order valence-electron chi connectivity index (χ2n) is 8.47. The molecule has 1 unspecified atom stereocenters. The van der Waals surface area contributed by atoms with Gasteiger partial charge in [-0.3, -0.25) is 14.5 Å². The fourth-order valence-corrected chi connectivity index (χ4v) is 4.55. The predicted molar refractivity (Wildman–Crippen MR) is 133 cm³/mol. The van der Waals surface area contributed by atoms with Crippen LogP contribution < -0.4 is 23.8 Å². The lowest BCUT2D eigenvalue weighted by Crippen LogP contribution is -2.30. The monoisotopic (exact) mass is 523 g/mol. The second kappa shape index (κ2) is 10.0. The Kier molecular flexibility index (Phi) is 6.62. The number of aliphatic hydroxyl groups is 1. The van der Waals surface area contributed by atoms with Crippen LogP contribution in [-0.4, -0.2) is 43.7 Å². The Morgan fingerprint density at radius 2 is 1.76 bits per heavy atom. The SMILES string of the molecule is CCOc1cc(C2/C(=C(\O)c3ccc4c(c3)OCCO4)C(=O)C(=O)N2c2ccc(F)cc2F)ccc1OC. The van der Waals surface area contributed by atoms with Crippen LogP contribution in [0.25, 0.3) is 5.76 Å². The van der Waals surface area contributed by atoms with E-state index in [0.717, 1.165) is 17.0 Å². The van der Waals surface area contributed by atoms with E-state index in [0.29, 0.717) is 54.4 Å². The van der Waals surface area contributed by atoms with E-state index in [1.807, 2.05) is 0 Å². The van der Waals surface area contributed by atoms with Crippen LogP contribution >= 0.6 is 0 Å². The van der Waals surface area contributed by atoms with Gasteiger partial charge in [-0.05, 0) is 55.0 Å². The van der Waals surface area contributed by atoms with Gasteiger partial charge in [0.1, 0.15) is 30.6 Å². The van der Waals surface area contributed by atoms with Gasteiger partial charge in [-0.1, -0.05) is 6.07 Å². The van der Waals surface area contributed by atoms with Gasteiger partial charge in [0.05, 0.1) is 31.0 Å². The number of hydrogen-bond acceptors (Lipinski definition) is 7. The maximum absolute atomic E-state index is 15.0. The van der Waals surface area contributed by atoms with Crippen molar-refractivity contribution >= 4 is 23.1 Å². The summed E-state index contributed by atoms with van der Waals surface area (Å²) in [7, 11) is 1.46. The lowest BCUT2D eigenvalue weighted by molar-refractivity contribution is -0.132. The molecular formula is C28H23F2NO7. The molecule has 3 aromatic carbocycles. The molecule has 10 heteroatoms. The molecular weight excluding hydrogens is 500 g/mol. The van der Waals surface area contributed by atoms with Crippen LogP contribution in [0.3, 0.4) is 0 Å². The molecule has 3 aromatic rings. The van der Waals surface area contributed by atoms with Gasteiger partial charge >= 0.3 is 0 Å². The third-order valence-corrected chi connectivity index (χ3v) is 6.23. The second-order valence-corrected chi connectivity index (χ2v) is 8.47. The number of amides is 1. The van der Waals surface area contributed by atoms with E-state index in [1.165, 1.54) is 19.2 Å². The van der Waals surface area contributed by atoms with Gasteiger partial charge in [0.2, 0.25) is 0 Å². The number of fused-ring (bicyclic) bond motifs is 1. The molecule has 5 rings (SSSR count). The largest absolute Gasteiger partial charge is 0.507 e. The summed E-state index contributed by atoms with van der Waals surface area (Å²) in [6, 6.07) is 10.7. The summed E-state index contributed by atoms with van der Waals surface area (Å²) in [5.41, 5.74) is -0.0943. The average Bonchev–Trinajstić information content (AvgIpc) is 3.18. The van der Waals surface area contributed by atoms with Crippen molar-refractivity contribution in [3.63, 3.8) is 0 Å². The lowest BCUT2D eigenvalue weighted by Gasteiger charge is -2.26. The molecule has 0 saturated carbocycles. The van der Waals surface area contributed by atoms with Gasteiger partial charge in [0, 0.05) is 11.6 Å². The molecule has 1 atom stereocenters. The van der Waals surface area contributed by atoms with Crippen molar-refractivity contribution in [2.75, 3.05) is 31.8 Å². The molecule has 0 spiro atoms. The van der Waals surface area contributed by atoms with Crippen molar-refractivity contribution in [3.8, 4) is 23.0 Å². The molecule has 38 heavy (non-hydrogen) atoms. The average molecular weight is 523 g/mol. The highest BCUT2D eigenvalue weighted by molar-refractivity contribution is 6.51. The Bertz CT molecular complexity index is 1470. The van der Waals surface area contributed by atoms with Gasteiger partial charge in [-0.25, -0.2) is 8.78 Å². The number of nitrogens with zero attached hydrogens (tertiary/aromatic N) is 1. The molecule has 2 aliphatic heterocycles. The number of benzene rings is 3. The number of ether oxygens (including phenoxy) is 4. The summed E-state index contributed by atoms with van der Waals surface area (Å²) >= 11 is 0. The number of methoxy groups -OCH3 is 1. The fourth-order valence-electron chi connectivity index (χ4n) is 4.55. The van der Waals surface area contributed by atoms with E-state index in [9.17, 15) is 23.5 Å². The number of ketones is 1. The highest BCUT2D eigenvalue weighted by Gasteiger charge is 2.48. The van der Waals surface area contributed by atoms with Crippen LogP contribution in [0.1, 0.15) is 24.1 Å². The number of Topliss-reactive ketones (excluding diaryl/α,β-unsaturated/α-hetero) is 1. The topological polar surface area (TPSA) is 94.5 Å². The van der Waals surface area contributed by atoms with Crippen LogP contribution in [0, 0.1) is 11.6 Å². The Balaban J connectivity index is 1.73. The number of rotatable bonds is 6. The van der Waals surface area contributed by atoms with E-state index in [-0.39, 0.29) is 16.8 Å². The molecule has 2 heterocycles. The highest BCUT2D eigenvalue weighted by atomic mass is 19.1.